The molecule has 0 radical (unpaired) electrons. The molecule has 1 aliphatic heterocycles. The van der Waals surface area contributed by atoms with Gasteiger partial charge in [0.1, 0.15) is 6.54 Å². The summed E-state index contributed by atoms with van der Waals surface area (Å²) in [6.07, 6.45) is 5.42. The van der Waals surface area contributed by atoms with Gasteiger partial charge in [-0.25, -0.2) is 0 Å². The molecule has 5 nitrogen and oxygen atoms in total. The van der Waals surface area contributed by atoms with Gasteiger partial charge in [-0.3, -0.25) is 9.59 Å². The second-order valence-electron chi connectivity index (χ2n) is 6.04. The van der Waals surface area contributed by atoms with Crippen LogP contribution in [0.15, 0.2) is 35.4 Å². The van der Waals surface area contributed by atoms with Gasteiger partial charge in [0.25, 0.3) is 0 Å². The fraction of sp³-hybridized carbons (Fsp3) is 0.444. The number of amides is 2. The first kappa shape index (κ1) is 16.9. The summed E-state index contributed by atoms with van der Waals surface area (Å²) in [6, 6.07) is 8.05. The number of nitrogens with one attached hydrogen (secondary N) is 1. The fourth-order valence-corrected chi connectivity index (χ4v) is 4.02. The predicted molar refractivity (Wildman–Crippen MR) is 97.2 cm³/mol. The number of thioether (sulfide) groups is 1. The number of para-hydroxylation sites is 1. The second kappa shape index (κ2) is 7.75. The van der Waals surface area contributed by atoms with E-state index >= 15 is 0 Å². The van der Waals surface area contributed by atoms with Gasteiger partial charge < -0.3 is 14.8 Å². The standard InChI is InChI=1S/C18H23N3O2S/c1-19-17(22)13-24-16-11-21(15-8-4-3-7-14(15)16)12-18(23)20-9-5-2-6-10-20/h3-4,7-8,11H,2,5-6,9-10,12-13H2,1H3,(H,19,22). The van der Waals surface area contributed by atoms with Crippen LogP contribution in [-0.4, -0.2) is 47.2 Å². The Hall–Kier alpha value is -1.95. The average Bonchev–Trinajstić information content (AvgIpc) is 2.98. The summed E-state index contributed by atoms with van der Waals surface area (Å²) in [5, 5.41) is 3.73. The van der Waals surface area contributed by atoms with Crippen molar-refractivity contribution in [2.75, 3.05) is 25.9 Å². The lowest BCUT2D eigenvalue weighted by Gasteiger charge is -2.27. The number of piperidine rings is 1. The van der Waals surface area contributed by atoms with E-state index in [0.29, 0.717) is 12.3 Å². The van der Waals surface area contributed by atoms with Crippen LogP contribution in [0.4, 0.5) is 0 Å². The molecule has 2 aromatic rings. The summed E-state index contributed by atoms with van der Waals surface area (Å²) < 4.78 is 2.01. The molecule has 1 saturated heterocycles. The van der Waals surface area contributed by atoms with Gasteiger partial charge >= 0.3 is 0 Å². The minimum Gasteiger partial charge on any atom is -0.358 e. The van der Waals surface area contributed by atoms with E-state index in [-0.39, 0.29) is 11.8 Å². The van der Waals surface area contributed by atoms with Crippen molar-refractivity contribution in [2.24, 2.45) is 0 Å². The smallest absolute Gasteiger partial charge is 0.242 e. The first-order chi connectivity index (χ1) is 11.7. The van der Waals surface area contributed by atoms with E-state index in [1.165, 1.54) is 18.2 Å². The summed E-state index contributed by atoms with van der Waals surface area (Å²) in [6.45, 7) is 2.10. The maximum atomic E-state index is 12.6. The third kappa shape index (κ3) is 3.75. The molecule has 0 unspecified atom stereocenters. The largest absolute Gasteiger partial charge is 0.358 e. The molecule has 1 aliphatic rings. The zero-order chi connectivity index (χ0) is 16.9. The summed E-state index contributed by atoms with van der Waals surface area (Å²) in [5.41, 5.74) is 1.04. The SMILES string of the molecule is CNC(=O)CSc1cn(CC(=O)N2CCCCC2)c2ccccc12. The molecule has 0 aliphatic carbocycles. The van der Waals surface area contributed by atoms with E-state index < -0.39 is 0 Å². The van der Waals surface area contributed by atoms with E-state index in [1.807, 2.05) is 39.9 Å². The molecule has 0 atom stereocenters. The Morgan fingerprint density at radius 2 is 1.92 bits per heavy atom. The molecule has 0 saturated carbocycles. The van der Waals surface area contributed by atoms with E-state index in [4.69, 9.17) is 0 Å². The third-order valence-corrected chi connectivity index (χ3v) is 5.45. The topological polar surface area (TPSA) is 54.3 Å². The zero-order valence-electron chi connectivity index (χ0n) is 14.0. The van der Waals surface area contributed by atoms with Gasteiger partial charge in [-0.15, -0.1) is 11.8 Å². The van der Waals surface area contributed by atoms with Crippen molar-refractivity contribution in [1.29, 1.82) is 0 Å². The van der Waals surface area contributed by atoms with Crippen LogP contribution in [-0.2, 0) is 16.1 Å². The van der Waals surface area contributed by atoms with Crippen LogP contribution >= 0.6 is 11.8 Å². The van der Waals surface area contributed by atoms with Crippen molar-refractivity contribution in [1.82, 2.24) is 14.8 Å². The highest BCUT2D eigenvalue weighted by molar-refractivity contribution is 8.00. The first-order valence-corrected chi connectivity index (χ1v) is 9.36. The Bertz CT molecular complexity index is 735. The first-order valence-electron chi connectivity index (χ1n) is 8.38. The van der Waals surface area contributed by atoms with Crippen LogP contribution in [0, 0.1) is 0 Å². The predicted octanol–water partition coefficient (Wildman–Crippen LogP) is 2.49. The third-order valence-electron chi connectivity index (χ3n) is 4.40. The number of rotatable bonds is 5. The Labute approximate surface area is 146 Å². The van der Waals surface area contributed by atoms with Crippen LogP contribution in [0.2, 0.25) is 0 Å². The molecule has 2 heterocycles. The molecule has 0 bridgehead atoms. The number of carbonyl (C=O) groups is 2. The fourth-order valence-electron chi connectivity index (χ4n) is 3.06. The van der Waals surface area contributed by atoms with Crippen molar-refractivity contribution in [3.8, 4) is 0 Å². The summed E-state index contributed by atoms with van der Waals surface area (Å²) in [7, 11) is 1.64. The Balaban J connectivity index is 1.79. The molecule has 2 amide bonds. The van der Waals surface area contributed by atoms with Gasteiger partial charge in [-0.05, 0) is 25.3 Å². The van der Waals surface area contributed by atoms with Gasteiger partial charge in [0, 0.05) is 42.1 Å². The maximum Gasteiger partial charge on any atom is 0.242 e. The zero-order valence-corrected chi connectivity index (χ0v) is 14.8. The molecule has 0 spiro atoms. The van der Waals surface area contributed by atoms with Crippen LogP contribution < -0.4 is 5.32 Å². The molecule has 128 valence electrons. The van der Waals surface area contributed by atoms with Crippen LogP contribution in [0.1, 0.15) is 19.3 Å². The van der Waals surface area contributed by atoms with Crippen molar-refractivity contribution >= 4 is 34.5 Å². The summed E-state index contributed by atoms with van der Waals surface area (Å²) in [5.74, 6) is 0.560. The molecule has 6 heteroatoms. The minimum atomic E-state index is 0.00113. The highest BCUT2D eigenvalue weighted by atomic mass is 32.2. The Morgan fingerprint density at radius 1 is 1.17 bits per heavy atom. The Morgan fingerprint density at radius 3 is 2.67 bits per heavy atom. The van der Waals surface area contributed by atoms with Crippen LogP contribution in [0.3, 0.4) is 0 Å². The lowest BCUT2D eigenvalue weighted by Crippen LogP contribution is -2.37. The van der Waals surface area contributed by atoms with Gasteiger partial charge in [-0.1, -0.05) is 18.2 Å². The van der Waals surface area contributed by atoms with Crippen molar-refractivity contribution in [2.45, 2.75) is 30.7 Å². The summed E-state index contributed by atoms with van der Waals surface area (Å²) >= 11 is 1.51. The van der Waals surface area contributed by atoms with Crippen LogP contribution in [0.25, 0.3) is 10.9 Å². The van der Waals surface area contributed by atoms with Gasteiger partial charge in [0.05, 0.1) is 5.75 Å². The number of hydrogen-bond acceptors (Lipinski definition) is 3. The number of fused-ring (bicyclic) bond motifs is 1. The van der Waals surface area contributed by atoms with Crippen molar-refractivity contribution in [3.63, 3.8) is 0 Å². The van der Waals surface area contributed by atoms with E-state index in [2.05, 4.69) is 5.32 Å². The molecular formula is C18H23N3O2S. The Kier molecular flexibility index (Phi) is 5.45. The molecule has 1 aromatic carbocycles. The molecule has 1 aromatic heterocycles. The van der Waals surface area contributed by atoms with Gasteiger partial charge in [0.2, 0.25) is 11.8 Å². The van der Waals surface area contributed by atoms with Crippen LogP contribution in [0.5, 0.6) is 0 Å². The minimum absolute atomic E-state index is 0.00113. The average molecular weight is 345 g/mol. The lowest BCUT2D eigenvalue weighted by atomic mass is 10.1. The summed E-state index contributed by atoms with van der Waals surface area (Å²) in [4.78, 5) is 27.1. The number of likely N-dealkylation sites (tertiary alicyclic amines) is 1. The highest BCUT2D eigenvalue weighted by Crippen LogP contribution is 2.30. The van der Waals surface area contributed by atoms with Crippen molar-refractivity contribution < 1.29 is 9.59 Å². The number of nitrogens with zero attached hydrogens (tertiary/aromatic N) is 2. The van der Waals surface area contributed by atoms with E-state index in [9.17, 15) is 9.59 Å². The maximum absolute atomic E-state index is 12.6. The highest BCUT2D eigenvalue weighted by Gasteiger charge is 2.18. The molecule has 1 N–H and O–H groups in total. The number of benzene rings is 1. The van der Waals surface area contributed by atoms with E-state index in [1.54, 1.807) is 7.05 Å². The lowest BCUT2D eigenvalue weighted by molar-refractivity contribution is -0.132. The van der Waals surface area contributed by atoms with Crippen molar-refractivity contribution in [3.05, 3.63) is 30.5 Å². The molecule has 24 heavy (non-hydrogen) atoms. The quantitative estimate of drug-likeness (QED) is 0.847. The molecular weight excluding hydrogens is 322 g/mol. The molecule has 1 fully saturated rings. The molecule has 3 rings (SSSR count). The van der Waals surface area contributed by atoms with E-state index in [0.717, 1.165) is 41.7 Å². The second-order valence-corrected chi connectivity index (χ2v) is 7.06. The normalized spacial score (nSPS) is 14.8. The number of hydrogen-bond donors (Lipinski definition) is 1. The number of carbonyl (C=O) groups excluding carboxylic acids is 2. The van der Waals surface area contributed by atoms with Gasteiger partial charge in [0.15, 0.2) is 0 Å². The van der Waals surface area contributed by atoms with Gasteiger partial charge in [-0.2, -0.15) is 0 Å². The monoisotopic (exact) mass is 345 g/mol. The number of aromatic nitrogens is 1.